The van der Waals surface area contributed by atoms with E-state index in [1.807, 2.05) is 48.3 Å². The first kappa shape index (κ1) is 18.7. The van der Waals surface area contributed by atoms with Gasteiger partial charge in [-0.1, -0.05) is 43.7 Å². The third kappa shape index (κ3) is 4.13. The van der Waals surface area contributed by atoms with E-state index >= 15 is 0 Å². The highest BCUT2D eigenvalue weighted by Gasteiger charge is 2.13. The van der Waals surface area contributed by atoms with Gasteiger partial charge in [0.1, 0.15) is 0 Å². The minimum atomic E-state index is 0.548. The van der Waals surface area contributed by atoms with Crippen molar-refractivity contribution in [1.82, 2.24) is 40.4 Å². The Labute approximate surface area is 168 Å². The average molecular weight is 389 g/mol. The van der Waals surface area contributed by atoms with Gasteiger partial charge < -0.3 is 5.32 Å². The zero-order valence-corrected chi connectivity index (χ0v) is 16.5. The van der Waals surface area contributed by atoms with E-state index in [9.17, 15) is 0 Å². The highest BCUT2D eigenvalue weighted by atomic mass is 15.5. The fourth-order valence-electron chi connectivity index (χ4n) is 3.15. The summed E-state index contributed by atoms with van der Waals surface area (Å²) in [5.41, 5.74) is 3.74. The number of nitrogens with zero attached hydrogens (tertiary/aromatic N) is 7. The van der Waals surface area contributed by atoms with Gasteiger partial charge >= 0.3 is 0 Å². The molecule has 0 saturated carbocycles. The first-order valence-corrected chi connectivity index (χ1v) is 9.68. The van der Waals surface area contributed by atoms with Crippen LogP contribution >= 0.6 is 0 Å². The van der Waals surface area contributed by atoms with Crippen LogP contribution in [0.25, 0.3) is 22.6 Å². The lowest BCUT2D eigenvalue weighted by Crippen LogP contribution is -2.07. The number of benzene rings is 1. The van der Waals surface area contributed by atoms with Gasteiger partial charge in [0, 0.05) is 30.8 Å². The Morgan fingerprint density at radius 2 is 1.97 bits per heavy atom. The van der Waals surface area contributed by atoms with Crippen LogP contribution in [0.5, 0.6) is 0 Å². The molecule has 0 aliphatic rings. The normalized spacial score (nSPS) is 11.0. The molecule has 148 valence electrons. The van der Waals surface area contributed by atoms with Gasteiger partial charge in [-0.05, 0) is 23.3 Å². The number of unbranched alkanes of at least 4 members (excludes halogenated alkanes) is 1. The van der Waals surface area contributed by atoms with Crippen molar-refractivity contribution in [2.75, 3.05) is 12.4 Å². The molecule has 0 radical (unpaired) electrons. The standard InChI is InChI=1S/C20H23N9/c1-3-4-9-18-23-20(21-2)29(26-18)13-14-10-11-17(22-12-14)15-7-5-6-8-16(15)19-24-27-28-25-19/h5-8,10-12H,3-4,9,13H2,1-2H3,(H,21,23,26)(H,24,25,27,28). The maximum atomic E-state index is 4.66. The molecule has 0 unspecified atom stereocenters. The van der Waals surface area contributed by atoms with Gasteiger partial charge in [0.25, 0.3) is 0 Å². The van der Waals surface area contributed by atoms with Crippen molar-refractivity contribution < 1.29 is 0 Å². The van der Waals surface area contributed by atoms with Crippen molar-refractivity contribution in [2.45, 2.75) is 32.7 Å². The molecule has 4 rings (SSSR count). The summed E-state index contributed by atoms with van der Waals surface area (Å²) >= 11 is 0. The summed E-state index contributed by atoms with van der Waals surface area (Å²) < 4.78 is 1.88. The SMILES string of the molecule is CCCCc1nc(NC)n(Cc2ccc(-c3ccccc3-c3nn[nH]n3)nc2)n1. The molecule has 0 atom stereocenters. The number of tetrazole rings is 1. The molecule has 0 aliphatic carbocycles. The van der Waals surface area contributed by atoms with Crippen molar-refractivity contribution >= 4 is 5.95 Å². The summed E-state index contributed by atoms with van der Waals surface area (Å²) in [6.45, 7) is 2.77. The van der Waals surface area contributed by atoms with Crippen LogP contribution in [-0.4, -0.2) is 47.4 Å². The van der Waals surface area contributed by atoms with Gasteiger partial charge in [-0.15, -0.1) is 10.2 Å². The van der Waals surface area contributed by atoms with E-state index in [0.29, 0.717) is 12.4 Å². The second-order valence-electron chi connectivity index (χ2n) is 6.70. The molecular formula is C20H23N9. The molecule has 3 heterocycles. The van der Waals surface area contributed by atoms with Crippen LogP contribution in [-0.2, 0) is 13.0 Å². The first-order valence-electron chi connectivity index (χ1n) is 9.68. The van der Waals surface area contributed by atoms with Crippen LogP contribution in [0, 0.1) is 0 Å². The lowest BCUT2D eigenvalue weighted by atomic mass is 10.0. The summed E-state index contributed by atoms with van der Waals surface area (Å²) in [5, 5.41) is 22.1. The van der Waals surface area contributed by atoms with Crippen LogP contribution in [0.15, 0.2) is 42.6 Å². The summed E-state index contributed by atoms with van der Waals surface area (Å²) in [7, 11) is 1.86. The molecule has 9 heteroatoms. The summed E-state index contributed by atoms with van der Waals surface area (Å²) in [6.07, 6.45) is 4.97. The van der Waals surface area contributed by atoms with Gasteiger partial charge in [-0.2, -0.15) is 15.3 Å². The molecule has 9 nitrogen and oxygen atoms in total. The minimum Gasteiger partial charge on any atom is -0.357 e. The van der Waals surface area contributed by atoms with Crippen LogP contribution in [0.2, 0.25) is 0 Å². The second kappa shape index (κ2) is 8.59. The molecule has 3 aromatic heterocycles. The number of rotatable bonds is 8. The third-order valence-electron chi connectivity index (χ3n) is 4.64. The number of anilines is 1. The van der Waals surface area contributed by atoms with Gasteiger partial charge in [0.2, 0.25) is 11.8 Å². The molecule has 0 saturated heterocycles. The zero-order chi connectivity index (χ0) is 20.1. The lowest BCUT2D eigenvalue weighted by Gasteiger charge is -2.08. The molecule has 0 amide bonds. The number of hydrogen-bond donors (Lipinski definition) is 2. The smallest absolute Gasteiger partial charge is 0.221 e. The Morgan fingerprint density at radius 3 is 2.66 bits per heavy atom. The predicted molar refractivity (Wildman–Crippen MR) is 110 cm³/mol. The molecule has 29 heavy (non-hydrogen) atoms. The average Bonchev–Trinajstić information content (AvgIpc) is 3.43. The van der Waals surface area contributed by atoms with E-state index in [1.165, 1.54) is 0 Å². The van der Waals surface area contributed by atoms with E-state index in [2.05, 4.69) is 54.0 Å². The highest BCUT2D eigenvalue weighted by Crippen LogP contribution is 2.28. The summed E-state index contributed by atoms with van der Waals surface area (Å²) in [6, 6.07) is 11.9. The minimum absolute atomic E-state index is 0.548. The molecule has 0 bridgehead atoms. The van der Waals surface area contributed by atoms with Crippen LogP contribution in [0.3, 0.4) is 0 Å². The Hall–Kier alpha value is -3.62. The Bertz CT molecular complexity index is 1050. The van der Waals surface area contributed by atoms with Crippen LogP contribution < -0.4 is 5.32 Å². The largest absolute Gasteiger partial charge is 0.357 e. The van der Waals surface area contributed by atoms with Crippen molar-refractivity contribution in [3.63, 3.8) is 0 Å². The molecule has 0 fully saturated rings. The topological polar surface area (TPSA) is 110 Å². The molecular weight excluding hydrogens is 366 g/mol. The third-order valence-corrected chi connectivity index (χ3v) is 4.64. The number of aryl methyl sites for hydroxylation is 1. The van der Waals surface area contributed by atoms with E-state index in [-0.39, 0.29) is 0 Å². The number of nitrogens with one attached hydrogen (secondary N) is 2. The van der Waals surface area contributed by atoms with E-state index in [0.717, 1.165) is 53.4 Å². The quantitative estimate of drug-likeness (QED) is 0.477. The fraction of sp³-hybridized carbons (Fsp3) is 0.300. The van der Waals surface area contributed by atoms with E-state index < -0.39 is 0 Å². The monoisotopic (exact) mass is 389 g/mol. The predicted octanol–water partition coefficient (Wildman–Crippen LogP) is 2.95. The molecule has 1 aromatic carbocycles. The Morgan fingerprint density at radius 1 is 1.10 bits per heavy atom. The number of pyridine rings is 1. The number of hydrogen-bond acceptors (Lipinski definition) is 7. The summed E-state index contributed by atoms with van der Waals surface area (Å²) in [4.78, 5) is 9.22. The van der Waals surface area contributed by atoms with E-state index in [4.69, 9.17) is 0 Å². The summed E-state index contributed by atoms with van der Waals surface area (Å²) in [5.74, 6) is 2.19. The maximum absolute atomic E-state index is 4.66. The van der Waals surface area contributed by atoms with Crippen LogP contribution in [0.4, 0.5) is 5.95 Å². The fourth-order valence-corrected chi connectivity index (χ4v) is 3.15. The van der Waals surface area contributed by atoms with Crippen molar-refractivity contribution in [2.24, 2.45) is 0 Å². The number of H-pyrrole nitrogens is 1. The van der Waals surface area contributed by atoms with Crippen molar-refractivity contribution in [3.05, 3.63) is 54.0 Å². The van der Waals surface area contributed by atoms with Gasteiger partial charge in [-0.3, -0.25) is 4.98 Å². The van der Waals surface area contributed by atoms with E-state index in [1.54, 1.807) is 0 Å². The Balaban J connectivity index is 1.56. The maximum Gasteiger partial charge on any atom is 0.221 e. The molecule has 0 spiro atoms. The lowest BCUT2D eigenvalue weighted by molar-refractivity contribution is 0.664. The second-order valence-corrected chi connectivity index (χ2v) is 6.70. The van der Waals surface area contributed by atoms with Crippen LogP contribution in [0.1, 0.15) is 31.2 Å². The zero-order valence-electron chi connectivity index (χ0n) is 16.5. The molecule has 4 aromatic rings. The number of aromatic nitrogens is 8. The van der Waals surface area contributed by atoms with Gasteiger partial charge in [0.15, 0.2) is 5.82 Å². The molecule has 2 N–H and O–H groups in total. The first-order chi connectivity index (χ1) is 14.3. The van der Waals surface area contributed by atoms with Gasteiger partial charge in [0.05, 0.1) is 12.2 Å². The number of aromatic amines is 1. The highest BCUT2D eigenvalue weighted by molar-refractivity contribution is 5.78. The van der Waals surface area contributed by atoms with Crippen molar-refractivity contribution in [3.8, 4) is 22.6 Å². The Kier molecular flexibility index (Phi) is 5.55. The van der Waals surface area contributed by atoms with Crippen molar-refractivity contribution in [1.29, 1.82) is 0 Å². The van der Waals surface area contributed by atoms with Gasteiger partial charge in [-0.25, -0.2) is 4.68 Å². The molecule has 0 aliphatic heterocycles.